The molecule has 1 aromatic rings. The van der Waals surface area contributed by atoms with E-state index in [1.165, 1.54) is 36.1 Å². The summed E-state index contributed by atoms with van der Waals surface area (Å²) in [6.07, 6.45) is 5.55. The number of benzene rings is 1. The maximum absolute atomic E-state index is 15.3. The van der Waals surface area contributed by atoms with Crippen molar-refractivity contribution in [3.05, 3.63) is 40.5 Å². The molecule has 0 bridgehead atoms. The zero-order valence-corrected chi connectivity index (χ0v) is 18.7. The van der Waals surface area contributed by atoms with E-state index >= 15 is 4.39 Å². The van der Waals surface area contributed by atoms with Crippen molar-refractivity contribution in [2.75, 3.05) is 19.0 Å². The van der Waals surface area contributed by atoms with E-state index in [9.17, 15) is 4.39 Å². The second-order valence-corrected chi connectivity index (χ2v) is 9.84. The maximum atomic E-state index is 15.3. The molecule has 2 saturated carbocycles. The summed E-state index contributed by atoms with van der Waals surface area (Å²) in [6, 6.07) is 2.86. The van der Waals surface area contributed by atoms with Crippen molar-refractivity contribution >= 4 is 5.69 Å². The molecule has 0 spiro atoms. The van der Waals surface area contributed by atoms with E-state index in [0.717, 1.165) is 19.3 Å². The summed E-state index contributed by atoms with van der Waals surface area (Å²) in [7, 11) is 3.51. The highest BCUT2D eigenvalue weighted by Crippen LogP contribution is 2.63. The van der Waals surface area contributed by atoms with E-state index in [1.54, 1.807) is 19.0 Å². The highest BCUT2D eigenvalue weighted by molar-refractivity contribution is 5.50. The van der Waals surface area contributed by atoms with E-state index in [2.05, 4.69) is 34.6 Å². The predicted molar refractivity (Wildman–Crippen MR) is 115 cm³/mol. The number of anilines is 1. The van der Waals surface area contributed by atoms with Crippen molar-refractivity contribution in [1.29, 1.82) is 0 Å². The summed E-state index contributed by atoms with van der Waals surface area (Å²) in [4.78, 5) is 1.64. The van der Waals surface area contributed by atoms with Gasteiger partial charge in [-0.3, -0.25) is 0 Å². The van der Waals surface area contributed by atoms with Gasteiger partial charge in [0.2, 0.25) is 0 Å². The standard InChI is InChI=1S/C25H37F2N/c1-8-9-15(2)24-17(4)20-11-10-16(3)25(20,5)14-19(24)18-12-22(27)23(28(6)7)13-21(18)26/h12-13,16-17,19-20H,8-11,14H2,1-7H3/b24-15-. The third-order valence-electron chi connectivity index (χ3n) is 8.04. The Kier molecular flexibility index (Phi) is 5.94. The van der Waals surface area contributed by atoms with E-state index in [4.69, 9.17) is 0 Å². The summed E-state index contributed by atoms with van der Waals surface area (Å²) in [5, 5.41) is 0. The van der Waals surface area contributed by atoms with Crippen LogP contribution in [0.15, 0.2) is 23.3 Å². The summed E-state index contributed by atoms with van der Waals surface area (Å²) in [5.74, 6) is 1.09. The molecule has 0 radical (unpaired) electrons. The van der Waals surface area contributed by atoms with Crippen LogP contribution in [-0.4, -0.2) is 14.1 Å². The number of halogens is 2. The molecule has 5 atom stereocenters. The smallest absolute Gasteiger partial charge is 0.146 e. The minimum Gasteiger partial charge on any atom is -0.375 e. The van der Waals surface area contributed by atoms with Crippen LogP contribution in [0, 0.1) is 34.8 Å². The molecule has 2 aliphatic rings. The Labute approximate surface area is 170 Å². The average Bonchev–Trinajstić information content (AvgIpc) is 2.91. The second-order valence-electron chi connectivity index (χ2n) is 9.84. The van der Waals surface area contributed by atoms with E-state index in [0.29, 0.717) is 29.0 Å². The number of allylic oxidation sites excluding steroid dienone is 2. The first-order valence-electron chi connectivity index (χ1n) is 11.0. The Hall–Kier alpha value is -1.38. The zero-order chi connectivity index (χ0) is 20.8. The molecule has 28 heavy (non-hydrogen) atoms. The van der Waals surface area contributed by atoms with Gasteiger partial charge in [-0.05, 0) is 67.4 Å². The first kappa shape index (κ1) is 21.3. The molecule has 5 unspecified atom stereocenters. The van der Waals surface area contributed by atoms with Crippen molar-refractivity contribution in [1.82, 2.24) is 0 Å². The van der Waals surface area contributed by atoms with Gasteiger partial charge in [0, 0.05) is 26.1 Å². The topological polar surface area (TPSA) is 3.24 Å². The molecule has 0 amide bonds. The van der Waals surface area contributed by atoms with Crippen molar-refractivity contribution in [2.45, 2.75) is 72.6 Å². The van der Waals surface area contributed by atoms with Gasteiger partial charge in [0.1, 0.15) is 11.6 Å². The molecule has 0 aromatic heterocycles. The van der Waals surface area contributed by atoms with Crippen LogP contribution >= 0.6 is 0 Å². The van der Waals surface area contributed by atoms with Gasteiger partial charge in [-0.25, -0.2) is 8.78 Å². The van der Waals surface area contributed by atoms with E-state index < -0.39 is 0 Å². The third kappa shape index (κ3) is 3.39. The molecule has 1 nitrogen and oxygen atoms in total. The molecular formula is C25H37F2N. The normalized spacial score (nSPS) is 34.3. The third-order valence-corrected chi connectivity index (χ3v) is 8.04. The lowest BCUT2D eigenvalue weighted by atomic mass is 9.55. The molecule has 0 saturated heterocycles. The van der Waals surface area contributed by atoms with Crippen LogP contribution in [0.25, 0.3) is 0 Å². The first-order chi connectivity index (χ1) is 13.1. The van der Waals surface area contributed by atoms with Gasteiger partial charge >= 0.3 is 0 Å². The number of hydrogen-bond donors (Lipinski definition) is 0. The van der Waals surface area contributed by atoms with E-state index in [-0.39, 0.29) is 23.0 Å². The molecule has 2 aliphatic carbocycles. The fraction of sp³-hybridized carbons (Fsp3) is 0.680. The summed E-state index contributed by atoms with van der Waals surface area (Å²) in [6.45, 7) is 11.5. The molecule has 3 heteroatoms. The summed E-state index contributed by atoms with van der Waals surface area (Å²) in [5.41, 5.74) is 3.84. The first-order valence-corrected chi connectivity index (χ1v) is 11.0. The SMILES string of the molecule is CCC/C(C)=C1\C(c2cc(F)c(N(C)C)cc2F)CC2(C)C(C)CCC2C1C. The molecule has 1 aromatic carbocycles. The Morgan fingerprint density at radius 2 is 1.82 bits per heavy atom. The lowest BCUT2D eigenvalue weighted by Crippen LogP contribution is -2.40. The van der Waals surface area contributed by atoms with Gasteiger partial charge in [0.15, 0.2) is 0 Å². The van der Waals surface area contributed by atoms with Crippen molar-refractivity contribution in [3.63, 3.8) is 0 Å². The predicted octanol–water partition coefficient (Wildman–Crippen LogP) is 7.32. The fourth-order valence-corrected chi connectivity index (χ4v) is 6.36. The Balaban J connectivity index is 2.15. The quantitative estimate of drug-likeness (QED) is 0.487. The average molecular weight is 390 g/mol. The largest absolute Gasteiger partial charge is 0.375 e. The van der Waals surface area contributed by atoms with E-state index in [1.807, 2.05) is 0 Å². The van der Waals surface area contributed by atoms with Crippen LogP contribution < -0.4 is 4.90 Å². The lowest BCUT2D eigenvalue weighted by Gasteiger charge is -2.49. The van der Waals surface area contributed by atoms with Gasteiger partial charge in [-0.1, -0.05) is 45.3 Å². The Morgan fingerprint density at radius 1 is 1.14 bits per heavy atom. The fourth-order valence-electron chi connectivity index (χ4n) is 6.36. The molecule has 0 aliphatic heterocycles. The Bertz CT molecular complexity index is 766. The molecule has 3 rings (SSSR count). The van der Waals surface area contributed by atoms with Crippen LogP contribution in [0.4, 0.5) is 14.5 Å². The molecular weight excluding hydrogens is 352 g/mol. The summed E-state index contributed by atoms with van der Waals surface area (Å²) >= 11 is 0. The van der Waals surface area contributed by atoms with Gasteiger partial charge < -0.3 is 4.90 Å². The van der Waals surface area contributed by atoms with Gasteiger partial charge in [0.05, 0.1) is 5.69 Å². The number of rotatable bonds is 4. The Morgan fingerprint density at radius 3 is 2.43 bits per heavy atom. The molecule has 0 heterocycles. The lowest BCUT2D eigenvalue weighted by molar-refractivity contribution is 0.0831. The second kappa shape index (κ2) is 7.80. The minimum absolute atomic E-state index is 0.0194. The molecule has 0 N–H and O–H groups in total. The van der Waals surface area contributed by atoms with Crippen molar-refractivity contribution in [2.24, 2.45) is 23.2 Å². The van der Waals surface area contributed by atoms with Gasteiger partial charge in [-0.2, -0.15) is 0 Å². The van der Waals surface area contributed by atoms with Gasteiger partial charge in [-0.15, -0.1) is 0 Å². The van der Waals surface area contributed by atoms with Crippen molar-refractivity contribution < 1.29 is 8.78 Å². The monoisotopic (exact) mass is 389 g/mol. The van der Waals surface area contributed by atoms with Gasteiger partial charge in [0.25, 0.3) is 0 Å². The number of nitrogens with zero attached hydrogens (tertiary/aromatic N) is 1. The van der Waals surface area contributed by atoms with Crippen LogP contribution in [0.3, 0.4) is 0 Å². The summed E-state index contributed by atoms with van der Waals surface area (Å²) < 4.78 is 30.1. The highest BCUT2D eigenvalue weighted by Gasteiger charge is 2.53. The van der Waals surface area contributed by atoms with Crippen LogP contribution in [0.2, 0.25) is 0 Å². The van der Waals surface area contributed by atoms with Crippen molar-refractivity contribution in [3.8, 4) is 0 Å². The number of hydrogen-bond acceptors (Lipinski definition) is 1. The minimum atomic E-state index is -0.326. The van der Waals surface area contributed by atoms with Crippen LogP contribution in [-0.2, 0) is 0 Å². The zero-order valence-electron chi connectivity index (χ0n) is 18.7. The highest BCUT2D eigenvalue weighted by atomic mass is 19.1. The number of fused-ring (bicyclic) bond motifs is 1. The molecule has 2 fully saturated rings. The maximum Gasteiger partial charge on any atom is 0.146 e. The van der Waals surface area contributed by atoms with Crippen LogP contribution in [0.1, 0.15) is 78.2 Å². The molecule has 156 valence electrons. The van der Waals surface area contributed by atoms with Crippen LogP contribution in [0.5, 0.6) is 0 Å².